The normalized spacial score (nSPS) is 10.8. The fourth-order valence-electron chi connectivity index (χ4n) is 1.92. The van der Waals surface area contributed by atoms with Crippen LogP contribution in [0.15, 0.2) is 48.1 Å². The summed E-state index contributed by atoms with van der Waals surface area (Å²) in [6, 6.07) is 9.62. The average Bonchev–Trinajstić information content (AvgIpc) is 3.04. The van der Waals surface area contributed by atoms with E-state index in [1.807, 2.05) is 35.8 Å². The molecule has 0 aliphatic rings. The van der Waals surface area contributed by atoms with Crippen LogP contribution >= 0.6 is 34.5 Å². The molecule has 19 heavy (non-hydrogen) atoms. The third kappa shape index (κ3) is 2.54. The molecule has 0 N–H and O–H groups in total. The molecule has 0 aliphatic carbocycles. The topological polar surface area (TPSA) is 17.8 Å². The summed E-state index contributed by atoms with van der Waals surface area (Å²) in [7, 11) is 0. The van der Waals surface area contributed by atoms with Gasteiger partial charge in [0.25, 0.3) is 0 Å². The molecule has 5 heteroatoms. The molecule has 0 saturated heterocycles. The van der Waals surface area contributed by atoms with Crippen LogP contribution in [-0.4, -0.2) is 9.55 Å². The molecule has 1 aromatic carbocycles. The number of hydrogen-bond acceptors (Lipinski definition) is 2. The number of halogens is 2. The van der Waals surface area contributed by atoms with Gasteiger partial charge in [0.15, 0.2) is 0 Å². The Kier molecular flexibility index (Phi) is 3.60. The van der Waals surface area contributed by atoms with Crippen LogP contribution in [0.25, 0.3) is 10.7 Å². The van der Waals surface area contributed by atoms with Crippen LogP contribution in [0.1, 0.15) is 5.56 Å². The SMILES string of the molecule is Clc1cccc(Cl)c1Cn1ccnc1-c1cccs1. The molecule has 0 fully saturated rings. The van der Waals surface area contributed by atoms with Gasteiger partial charge >= 0.3 is 0 Å². The first-order valence-electron chi connectivity index (χ1n) is 5.73. The summed E-state index contributed by atoms with van der Waals surface area (Å²) in [6.07, 6.45) is 3.73. The summed E-state index contributed by atoms with van der Waals surface area (Å²) in [5.74, 6) is 0.936. The van der Waals surface area contributed by atoms with E-state index in [-0.39, 0.29) is 0 Å². The summed E-state index contributed by atoms with van der Waals surface area (Å²) in [5.41, 5.74) is 0.918. The minimum atomic E-state index is 0.617. The lowest BCUT2D eigenvalue weighted by Crippen LogP contribution is -2.01. The fraction of sp³-hybridized carbons (Fsp3) is 0.0714. The van der Waals surface area contributed by atoms with Crippen LogP contribution in [0.2, 0.25) is 10.0 Å². The second kappa shape index (κ2) is 5.37. The van der Waals surface area contributed by atoms with Gasteiger partial charge in [-0.05, 0) is 23.6 Å². The van der Waals surface area contributed by atoms with Gasteiger partial charge in [-0.2, -0.15) is 0 Å². The smallest absolute Gasteiger partial charge is 0.150 e. The Hall–Kier alpha value is -1.29. The van der Waals surface area contributed by atoms with Gasteiger partial charge in [0.1, 0.15) is 5.82 Å². The van der Waals surface area contributed by atoms with Crippen LogP contribution in [0, 0.1) is 0 Å². The molecule has 0 bridgehead atoms. The van der Waals surface area contributed by atoms with Gasteiger partial charge in [-0.3, -0.25) is 0 Å². The molecular weight excluding hydrogens is 299 g/mol. The van der Waals surface area contributed by atoms with E-state index in [9.17, 15) is 0 Å². The number of thiophene rings is 1. The Labute approximate surface area is 125 Å². The second-order valence-electron chi connectivity index (χ2n) is 4.06. The van der Waals surface area contributed by atoms with Gasteiger partial charge in [0.2, 0.25) is 0 Å². The maximum atomic E-state index is 6.21. The minimum Gasteiger partial charge on any atom is -0.326 e. The van der Waals surface area contributed by atoms with Crippen molar-refractivity contribution < 1.29 is 0 Å². The van der Waals surface area contributed by atoms with E-state index in [2.05, 4.69) is 15.6 Å². The molecule has 3 aromatic rings. The lowest BCUT2D eigenvalue weighted by molar-refractivity contribution is 0.809. The van der Waals surface area contributed by atoms with Crippen molar-refractivity contribution in [2.45, 2.75) is 6.54 Å². The Bertz CT molecular complexity index is 669. The number of hydrogen-bond donors (Lipinski definition) is 0. The van der Waals surface area contributed by atoms with Gasteiger partial charge in [0.05, 0.1) is 11.4 Å². The highest BCUT2D eigenvalue weighted by Crippen LogP contribution is 2.28. The highest BCUT2D eigenvalue weighted by Gasteiger charge is 2.11. The third-order valence-corrected chi connectivity index (χ3v) is 4.42. The number of aromatic nitrogens is 2. The van der Waals surface area contributed by atoms with Crippen LogP contribution < -0.4 is 0 Å². The van der Waals surface area contributed by atoms with Gasteiger partial charge in [0, 0.05) is 28.0 Å². The van der Waals surface area contributed by atoms with Gasteiger partial charge in [-0.15, -0.1) is 11.3 Å². The maximum Gasteiger partial charge on any atom is 0.150 e. The van der Waals surface area contributed by atoms with Crippen molar-refractivity contribution in [2.75, 3.05) is 0 Å². The van der Waals surface area contributed by atoms with E-state index < -0.39 is 0 Å². The first kappa shape index (κ1) is 12.7. The van der Waals surface area contributed by atoms with Crippen molar-refractivity contribution in [3.05, 3.63) is 63.7 Å². The standard InChI is InChI=1S/C14H10Cl2N2S/c15-11-3-1-4-12(16)10(11)9-18-7-6-17-14(18)13-5-2-8-19-13/h1-8H,9H2. The first-order chi connectivity index (χ1) is 9.25. The number of nitrogens with zero attached hydrogens (tertiary/aromatic N) is 2. The van der Waals surface area contributed by atoms with E-state index in [1.54, 1.807) is 17.5 Å². The minimum absolute atomic E-state index is 0.617. The summed E-state index contributed by atoms with van der Waals surface area (Å²) in [6.45, 7) is 0.617. The Morgan fingerprint density at radius 1 is 1.11 bits per heavy atom. The molecule has 3 rings (SSSR count). The Balaban J connectivity index is 1.99. The predicted molar refractivity (Wildman–Crippen MR) is 81.1 cm³/mol. The van der Waals surface area contributed by atoms with E-state index in [1.165, 1.54) is 0 Å². The first-order valence-corrected chi connectivity index (χ1v) is 7.37. The Morgan fingerprint density at radius 2 is 1.89 bits per heavy atom. The molecule has 2 nitrogen and oxygen atoms in total. The zero-order valence-corrected chi connectivity index (χ0v) is 12.2. The largest absolute Gasteiger partial charge is 0.326 e. The van der Waals surface area contributed by atoms with Crippen molar-refractivity contribution in [1.29, 1.82) is 0 Å². The molecule has 2 heterocycles. The number of rotatable bonds is 3. The monoisotopic (exact) mass is 308 g/mol. The van der Waals surface area contributed by atoms with Crippen molar-refractivity contribution in [3.63, 3.8) is 0 Å². The zero-order chi connectivity index (χ0) is 13.2. The van der Waals surface area contributed by atoms with Crippen molar-refractivity contribution in [3.8, 4) is 10.7 Å². The highest BCUT2D eigenvalue weighted by molar-refractivity contribution is 7.13. The fourth-order valence-corrected chi connectivity index (χ4v) is 3.17. The van der Waals surface area contributed by atoms with E-state index >= 15 is 0 Å². The van der Waals surface area contributed by atoms with Gasteiger partial charge in [-0.25, -0.2) is 4.98 Å². The van der Waals surface area contributed by atoms with E-state index in [0.29, 0.717) is 16.6 Å². The third-order valence-electron chi connectivity index (χ3n) is 2.85. The molecule has 0 spiro atoms. The van der Waals surface area contributed by atoms with Crippen molar-refractivity contribution in [1.82, 2.24) is 9.55 Å². The lowest BCUT2D eigenvalue weighted by Gasteiger charge is -2.10. The molecule has 0 atom stereocenters. The summed E-state index contributed by atoms with van der Waals surface area (Å²) < 4.78 is 2.05. The maximum absolute atomic E-state index is 6.21. The molecule has 0 amide bonds. The average molecular weight is 309 g/mol. The number of benzene rings is 1. The summed E-state index contributed by atoms with van der Waals surface area (Å²) >= 11 is 14.1. The van der Waals surface area contributed by atoms with Crippen LogP contribution in [0.3, 0.4) is 0 Å². The Morgan fingerprint density at radius 3 is 2.58 bits per heavy atom. The van der Waals surface area contributed by atoms with Crippen LogP contribution in [0.5, 0.6) is 0 Å². The molecule has 96 valence electrons. The van der Waals surface area contributed by atoms with Gasteiger partial charge < -0.3 is 4.57 Å². The highest BCUT2D eigenvalue weighted by atomic mass is 35.5. The second-order valence-corrected chi connectivity index (χ2v) is 5.82. The summed E-state index contributed by atoms with van der Waals surface area (Å²) in [5, 5.41) is 3.40. The molecule has 0 saturated carbocycles. The van der Waals surface area contributed by atoms with Crippen LogP contribution in [-0.2, 0) is 6.54 Å². The number of imidazole rings is 1. The van der Waals surface area contributed by atoms with Crippen molar-refractivity contribution >= 4 is 34.5 Å². The zero-order valence-electron chi connectivity index (χ0n) is 9.88. The molecular formula is C14H10Cl2N2S. The van der Waals surface area contributed by atoms with Gasteiger partial charge in [-0.1, -0.05) is 35.3 Å². The van der Waals surface area contributed by atoms with E-state index in [4.69, 9.17) is 23.2 Å². The summed E-state index contributed by atoms with van der Waals surface area (Å²) in [4.78, 5) is 5.53. The molecule has 0 radical (unpaired) electrons. The molecule has 2 aromatic heterocycles. The van der Waals surface area contributed by atoms with E-state index in [0.717, 1.165) is 16.3 Å². The molecule has 0 aliphatic heterocycles. The van der Waals surface area contributed by atoms with Crippen molar-refractivity contribution in [2.24, 2.45) is 0 Å². The lowest BCUT2D eigenvalue weighted by atomic mass is 10.2. The van der Waals surface area contributed by atoms with Crippen LogP contribution in [0.4, 0.5) is 0 Å². The molecule has 0 unspecified atom stereocenters. The predicted octanol–water partition coefficient (Wildman–Crippen LogP) is 4.97. The quantitative estimate of drug-likeness (QED) is 0.668.